The lowest BCUT2D eigenvalue weighted by Gasteiger charge is -2.00. The number of fused-ring (bicyclic) bond motifs is 1. The van der Waals surface area contributed by atoms with Gasteiger partial charge in [0.25, 0.3) is 0 Å². The Kier molecular flexibility index (Phi) is 2.22. The third-order valence-corrected chi connectivity index (χ3v) is 3.37. The van der Waals surface area contributed by atoms with Crippen LogP contribution in [0.4, 0.5) is 5.88 Å². The number of nitrogens with two attached hydrogens (primary N) is 1. The molecular formula is C12H10BrN3O. The second-order valence-electron chi connectivity index (χ2n) is 3.90. The van der Waals surface area contributed by atoms with Gasteiger partial charge in [-0.1, -0.05) is 17.3 Å². The molecule has 17 heavy (non-hydrogen) atoms. The lowest BCUT2D eigenvalue weighted by atomic mass is 10.1. The minimum Gasteiger partial charge on any atom is -0.368 e. The molecule has 0 spiro atoms. The van der Waals surface area contributed by atoms with Gasteiger partial charge in [0, 0.05) is 40.2 Å². The van der Waals surface area contributed by atoms with Crippen LogP contribution in [-0.4, -0.2) is 9.72 Å². The molecule has 0 bridgehead atoms. The highest BCUT2D eigenvalue weighted by Crippen LogP contribution is 2.34. The maximum atomic E-state index is 5.56. The fourth-order valence-electron chi connectivity index (χ4n) is 2.02. The fourth-order valence-corrected chi connectivity index (χ4v) is 2.74. The summed E-state index contributed by atoms with van der Waals surface area (Å²) in [6.07, 6.45) is 2.03. The van der Waals surface area contributed by atoms with E-state index in [-0.39, 0.29) is 0 Å². The summed E-state index contributed by atoms with van der Waals surface area (Å²) < 4.78 is 8.02. The molecule has 0 aliphatic carbocycles. The van der Waals surface area contributed by atoms with Crippen LogP contribution in [0.1, 0.15) is 0 Å². The predicted molar refractivity (Wildman–Crippen MR) is 70.5 cm³/mol. The van der Waals surface area contributed by atoms with Gasteiger partial charge in [0.1, 0.15) is 5.69 Å². The Labute approximate surface area is 106 Å². The SMILES string of the molecule is Cn1cc(Br)c2c(-c3cc(N)on3)cccc21. The van der Waals surface area contributed by atoms with E-state index in [1.807, 2.05) is 25.4 Å². The number of halogens is 1. The van der Waals surface area contributed by atoms with E-state index in [4.69, 9.17) is 10.3 Å². The van der Waals surface area contributed by atoms with E-state index < -0.39 is 0 Å². The van der Waals surface area contributed by atoms with Crippen molar-refractivity contribution in [2.75, 3.05) is 5.73 Å². The first-order valence-electron chi connectivity index (χ1n) is 5.13. The number of nitrogen functional groups attached to an aromatic ring is 1. The molecule has 3 rings (SSSR count). The van der Waals surface area contributed by atoms with Crippen LogP contribution < -0.4 is 5.73 Å². The molecule has 0 aliphatic heterocycles. The molecule has 0 saturated carbocycles. The second kappa shape index (κ2) is 3.63. The Bertz CT molecular complexity index is 699. The van der Waals surface area contributed by atoms with Gasteiger partial charge in [0.15, 0.2) is 0 Å². The smallest absolute Gasteiger partial charge is 0.222 e. The highest BCUT2D eigenvalue weighted by atomic mass is 79.9. The van der Waals surface area contributed by atoms with Gasteiger partial charge in [0.05, 0.1) is 0 Å². The number of hydrogen-bond acceptors (Lipinski definition) is 3. The van der Waals surface area contributed by atoms with Crippen LogP contribution >= 0.6 is 15.9 Å². The van der Waals surface area contributed by atoms with E-state index in [2.05, 4.69) is 31.7 Å². The van der Waals surface area contributed by atoms with Gasteiger partial charge >= 0.3 is 0 Å². The van der Waals surface area contributed by atoms with Crippen molar-refractivity contribution in [2.45, 2.75) is 0 Å². The van der Waals surface area contributed by atoms with Gasteiger partial charge in [-0.2, -0.15) is 0 Å². The van der Waals surface area contributed by atoms with Crippen molar-refractivity contribution < 1.29 is 4.52 Å². The number of anilines is 1. The van der Waals surface area contributed by atoms with Crippen molar-refractivity contribution >= 4 is 32.7 Å². The Morgan fingerprint density at radius 2 is 2.24 bits per heavy atom. The van der Waals surface area contributed by atoms with Crippen molar-refractivity contribution in [3.63, 3.8) is 0 Å². The maximum Gasteiger partial charge on any atom is 0.222 e. The van der Waals surface area contributed by atoms with Crippen molar-refractivity contribution in [3.05, 3.63) is 34.9 Å². The third-order valence-electron chi connectivity index (χ3n) is 2.77. The topological polar surface area (TPSA) is 57.0 Å². The van der Waals surface area contributed by atoms with Crippen LogP contribution in [0.2, 0.25) is 0 Å². The first-order chi connectivity index (χ1) is 8.16. The van der Waals surface area contributed by atoms with Gasteiger partial charge in [-0.3, -0.25) is 0 Å². The lowest BCUT2D eigenvalue weighted by molar-refractivity contribution is 0.439. The standard InChI is InChI=1S/C12H10BrN3O/c1-16-6-8(13)12-7(3-2-4-10(12)16)9-5-11(14)17-15-9/h2-6H,14H2,1H3. The number of hydrogen-bond donors (Lipinski definition) is 1. The van der Waals surface area contributed by atoms with Crippen molar-refractivity contribution in [3.8, 4) is 11.3 Å². The average molecular weight is 292 g/mol. The summed E-state index contributed by atoms with van der Waals surface area (Å²) in [6, 6.07) is 7.79. The molecule has 2 heterocycles. The summed E-state index contributed by atoms with van der Waals surface area (Å²) in [6.45, 7) is 0. The molecule has 0 radical (unpaired) electrons. The molecule has 2 N–H and O–H groups in total. The first-order valence-corrected chi connectivity index (χ1v) is 5.92. The van der Waals surface area contributed by atoms with E-state index in [1.54, 1.807) is 6.07 Å². The van der Waals surface area contributed by atoms with Crippen molar-refractivity contribution in [1.29, 1.82) is 0 Å². The zero-order valence-corrected chi connectivity index (χ0v) is 10.7. The molecule has 0 amide bonds. The number of nitrogens with zero attached hydrogens (tertiary/aromatic N) is 2. The van der Waals surface area contributed by atoms with Crippen LogP contribution in [0.5, 0.6) is 0 Å². The molecule has 1 aromatic carbocycles. The van der Waals surface area contributed by atoms with Crippen molar-refractivity contribution in [2.24, 2.45) is 7.05 Å². The van der Waals surface area contributed by atoms with Crippen molar-refractivity contribution in [1.82, 2.24) is 9.72 Å². The third kappa shape index (κ3) is 1.54. The molecular weight excluding hydrogens is 282 g/mol. The minimum atomic E-state index is 0.323. The normalized spacial score (nSPS) is 11.2. The minimum absolute atomic E-state index is 0.323. The Morgan fingerprint density at radius 1 is 1.41 bits per heavy atom. The molecule has 0 saturated heterocycles. The summed E-state index contributed by atoms with van der Waals surface area (Å²) in [5.74, 6) is 0.323. The largest absolute Gasteiger partial charge is 0.368 e. The Hall–Kier alpha value is -1.75. The molecule has 4 nitrogen and oxygen atoms in total. The molecule has 0 fully saturated rings. The van der Waals surface area contributed by atoms with Crippen LogP contribution in [-0.2, 0) is 7.05 Å². The van der Waals surface area contributed by atoms with Crippen LogP contribution in [0.3, 0.4) is 0 Å². The molecule has 0 unspecified atom stereocenters. The maximum absolute atomic E-state index is 5.56. The monoisotopic (exact) mass is 291 g/mol. The quantitative estimate of drug-likeness (QED) is 0.749. The molecule has 0 atom stereocenters. The van der Waals surface area contributed by atoms with E-state index in [0.717, 1.165) is 26.6 Å². The van der Waals surface area contributed by atoms with Gasteiger partial charge in [-0.05, 0) is 22.0 Å². The van der Waals surface area contributed by atoms with E-state index in [1.165, 1.54) is 0 Å². The number of benzene rings is 1. The number of aryl methyl sites for hydroxylation is 1. The van der Waals surface area contributed by atoms with E-state index in [9.17, 15) is 0 Å². The summed E-state index contributed by atoms with van der Waals surface area (Å²) in [4.78, 5) is 0. The highest BCUT2D eigenvalue weighted by Gasteiger charge is 2.13. The van der Waals surface area contributed by atoms with Crippen LogP contribution in [0.15, 0.2) is 39.5 Å². The molecule has 86 valence electrons. The zero-order chi connectivity index (χ0) is 12.0. The predicted octanol–water partition coefficient (Wildman–Crippen LogP) is 3.18. The van der Waals surface area contributed by atoms with Gasteiger partial charge in [-0.25, -0.2) is 0 Å². The highest BCUT2D eigenvalue weighted by molar-refractivity contribution is 9.10. The van der Waals surface area contributed by atoms with Gasteiger partial charge in [-0.15, -0.1) is 0 Å². The zero-order valence-electron chi connectivity index (χ0n) is 9.14. The molecule has 3 aromatic rings. The summed E-state index contributed by atoms with van der Waals surface area (Å²) >= 11 is 3.56. The van der Waals surface area contributed by atoms with Crippen LogP contribution in [0, 0.1) is 0 Å². The van der Waals surface area contributed by atoms with Gasteiger partial charge < -0.3 is 14.8 Å². The summed E-state index contributed by atoms with van der Waals surface area (Å²) in [5, 5.41) is 5.07. The van der Waals surface area contributed by atoms with Crippen LogP contribution in [0.25, 0.3) is 22.2 Å². The number of aromatic nitrogens is 2. The Morgan fingerprint density at radius 3 is 2.94 bits per heavy atom. The number of rotatable bonds is 1. The molecule has 2 aromatic heterocycles. The fraction of sp³-hybridized carbons (Fsp3) is 0.0833. The summed E-state index contributed by atoms with van der Waals surface area (Å²) in [5.41, 5.74) is 8.45. The van der Waals surface area contributed by atoms with Gasteiger partial charge in [0.2, 0.25) is 5.88 Å². The second-order valence-corrected chi connectivity index (χ2v) is 4.76. The average Bonchev–Trinajstić information content (AvgIpc) is 2.85. The lowest BCUT2D eigenvalue weighted by Crippen LogP contribution is -1.84. The Balaban J connectivity index is 2.37. The van der Waals surface area contributed by atoms with E-state index in [0.29, 0.717) is 5.88 Å². The molecule has 5 heteroatoms. The molecule has 0 aliphatic rings. The first kappa shape index (κ1) is 10.4. The van der Waals surface area contributed by atoms with E-state index >= 15 is 0 Å². The summed E-state index contributed by atoms with van der Waals surface area (Å²) in [7, 11) is 2.01.